The Morgan fingerprint density at radius 2 is 2.19 bits per heavy atom. The number of hydrogen-bond acceptors (Lipinski definition) is 4. The van der Waals surface area contributed by atoms with Gasteiger partial charge >= 0.3 is 5.97 Å². The molecule has 0 aromatic heterocycles. The normalized spacial score (nSPS) is 22.9. The number of nitrogens with two attached hydrogens (primary N) is 1. The van der Waals surface area contributed by atoms with Crippen molar-refractivity contribution in [2.45, 2.75) is 25.3 Å². The number of carboxylic acid groups (broad SMARTS) is 1. The molecule has 2 unspecified atom stereocenters. The Morgan fingerprint density at radius 1 is 1.50 bits per heavy atom. The molecule has 1 aliphatic rings. The average Bonchev–Trinajstić information content (AvgIpc) is 2.27. The molecule has 0 radical (unpaired) electrons. The first-order valence-corrected chi connectivity index (χ1v) is 5.41. The highest BCUT2D eigenvalue weighted by Gasteiger charge is 2.27. The van der Waals surface area contributed by atoms with Gasteiger partial charge in [0.25, 0.3) is 0 Å². The highest BCUT2D eigenvalue weighted by molar-refractivity contribution is 5.86. The molecule has 0 aliphatic carbocycles. The first-order chi connectivity index (χ1) is 7.54. The molecule has 1 rings (SSSR count). The van der Waals surface area contributed by atoms with Gasteiger partial charge in [-0.1, -0.05) is 0 Å². The zero-order chi connectivity index (χ0) is 12.1. The summed E-state index contributed by atoms with van der Waals surface area (Å²) in [5.74, 6) is -1.31. The van der Waals surface area contributed by atoms with Crippen LogP contribution in [-0.2, 0) is 9.59 Å². The third-order valence-electron chi connectivity index (χ3n) is 2.80. The van der Waals surface area contributed by atoms with Gasteiger partial charge in [-0.05, 0) is 18.8 Å². The summed E-state index contributed by atoms with van der Waals surface area (Å²) in [6, 6.07) is -0.977. The van der Waals surface area contributed by atoms with Crippen molar-refractivity contribution in [2.75, 3.05) is 19.7 Å². The fraction of sp³-hybridized carbons (Fsp3) is 0.800. The molecule has 0 aromatic carbocycles. The topological polar surface area (TPSA) is 104 Å². The van der Waals surface area contributed by atoms with E-state index in [2.05, 4.69) is 0 Å². The Kier molecular flexibility index (Phi) is 4.70. The van der Waals surface area contributed by atoms with Crippen molar-refractivity contribution in [1.29, 1.82) is 0 Å². The van der Waals surface area contributed by atoms with Gasteiger partial charge in [-0.25, -0.2) is 0 Å². The van der Waals surface area contributed by atoms with E-state index in [1.54, 1.807) is 4.90 Å². The van der Waals surface area contributed by atoms with Crippen LogP contribution in [0.4, 0.5) is 0 Å². The van der Waals surface area contributed by atoms with E-state index in [-0.39, 0.29) is 24.9 Å². The van der Waals surface area contributed by atoms with Gasteiger partial charge in [0, 0.05) is 19.7 Å². The summed E-state index contributed by atoms with van der Waals surface area (Å²) >= 11 is 0. The van der Waals surface area contributed by atoms with Crippen LogP contribution in [-0.4, -0.2) is 52.7 Å². The van der Waals surface area contributed by atoms with Crippen LogP contribution in [0.1, 0.15) is 19.3 Å². The maximum absolute atomic E-state index is 11.8. The number of hydrogen-bond donors (Lipinski definition) is 3. The first-order valence-electron chi connectivity index (χ1n) is 5.41. The van der Waals surface area contributed by atoms with Gasteiger partial charge in [0.15, 0.2) is 0 Å². The monoisotopic (exact) mass is 230 g/mol. The summed E-state index contributed by atoms with van der Waals surface area (Å²) < 4.78 is 0. The Morgan fingerprint density at radius 3 is 2.75 bits per heavy atom. The lowest BCUT2D eigenvalue weighted by Crippen LogP contribution is -2.49. The largest absolute Gasteiger partial charge is 0.481 e. The maximum Gasteiger partial charge on any atom is 0.305 e. The molecule has 1 amide bonds. The molecule has 1 fully saturated rings. The molecule has 0 bridgehead atoms. The molecular formula is C10H18N2O4. The van der Waals surface area contributed by atoms with Gasteiger partial charge < -0.3 is 20.8 Å². The van der Waals surface area contributed by atoms with Crippen LogP contribution in [0, 0.1) is 5.92 Å². The van der Waals surface area contributed by atoms with E-state index in [0.717, 1.165) is 12.8 Å². The zero-order valence-electron chi connectivity index (χ0n) is 9.13. The Balaban J connectivity index is 2.49. The highest BCUT2D eigenvalue weighted by Crippen LogP contribution is 2.16. The van der Waals surface area contributed by atoms with Gasteiger partial charge in [-0.3, -0.25) is 9.59 Å². The lowest BCUT2D eigenvalue weighted by atomic mass is 9.98. The number of nitrogens with zero attached hydrogens (tertiary/aromatic N) is 1. The Bertz CT molecular complexity index is 270. The Labute approximate surface area is 94.0 Å². The SMILES string of the molecule is NC(CC(=O)O)C(=O)N1CCCC(CO)C1. The van der Waals surface area contributed by atoms with Crippen molar-refractivity contribution in [1.82, 2.24) is 4.90 Å². The molecule has 16 heavy (non-hydrogen) atoms. The van der Waals surface area contributed by atoms with Crippen LogP contribution in [0.3, 0.4) is 0 Å². The molecule has 6 heteroatoms. The van der Waals surface area contributed by atoms with E-state index in [1.165, 1.54) is 0 Å². The molecule has 4 N–H and O–H groups in total. The second-order valence-electron chi connectivity index (χ2n) is 4.18. The third kappa shape index (κ3) is 3.46. The van der Waals surface area contributed by atoms with Crippen molar-refractivity contribution in [3.63, 3.8) is 0 Å². The van der Waals surface area contributed by atoms with Crippen molar-refractivity contribution in [3.05, 3.63) is 0 Å². The summed E-state index contributed by atoms with van der Waals surface area (Å²) in [4.78, 5) is 23.7. The predicted molar refractivity (Wildman–Crippen MR) is 56.6 cm³/mol. The van der Waals surface area contributed by atoms with E-state index in [0.29, 0.717) is 13.1 Å². The minimum Gasteiger partial charge on any atom is -0.481 e. The van der Waals surface area contributed by atoms with Crippen LogP contribution >= 0.6 is 0 Å². The van der Waals surface area contributed by atoms with E-state index < -0.39 is 12.0 Å². The molecule has 1 saturated heterocycles. The van der Waals surface area contributed by atoms with Gasteiger partial charge in [-0.15, -0.1) is 0 Å². The van der Waals surface area contributed by atoms with Crippen LogP contribution in [0.25, 0.3) is 0 Å². The summed E-state index contributed by atoms with van der Waals surface area (Å²) in [6.45, 7) is 1.13. The summed E-state index contributed by atoms with van der Waals surface area (Å²) in [5, 5.41) is 17.5. The second kappa shape index (κ2) is 5.81. The molecule has 2 atom stereocenters. The van der Waals surface area contributed by atoms with Crippen molar-refractivity contribution in [3.8, 4) is 0 Å². The number of rotatable bonds is 4. The van der Waals surface area contributed by atoms with Crippen molar-refractivity contribution >= 4 is 11.9 Å². The number of aliphatic hydroxyl groups is 1. The summed E-state index contributed by atoms with van der Waals surface area (Å²) in [6.07, 6.45) is 1.38. The molecule has 0 aromatic rings. The number of carbonyl (C=O) groups is 2. The minimum atomic E-state index is -1.07. The van der Waals surface area contributed by atoms with Crippen LogP contribution in [0.5, 0.6) is 0 Å². The van der Waals surface area contributed by atoms with Gasteiger partial charge in [-0.2, -0.15) is 0 Å². The molecule has 6 nitrogen and oxygen atoms in total. The number of carboxylic acids is 1. The maximum atomic E-state index is 11.8. The minimum absolute atomic E-state index is 0.0535. The molecule has 1 aliphatic heterocycles. The number of aliphatic carboxylic acids is 1. The Hall–Kier alpha value is -1.14. The fourth-order valence-electron chi connectivity index (χ4n) is 1.92. The van der Waals surface area contributed by atoms with Crippen LogP contribution in [0.2, 0.25) is 0 Å². The van der Waals surface area contributed by atoms with Crippen LogP contribution < -0.4 is 5.73 Å². The predicted octanol–water partition coefficient (Wildman–Crippen LogP) is -0.981. The van der Waals surface area contributed by atoms with E-state index in [9.17, 15) is 9.59 Å². The molecule has 92 valence electrons. The van der Waals surface area contributed by atoms with Crippen molar-refractivity contribution < 1.29 is 19.8 Å². The van der Waals surface area contributed by atoms with Gasteiger partial charge in [0.2, 0.25) is 5.91 Å². The smallest absolute Gasteiger partial charge is 0.305 e. The van der Waals surface area contributed by atoms with Crippen LogP contribution in [0.15, 0.2) is 0 Å². The number of amides is 1. The molecule has 1 heterocycles. The van der Waals surface area contributed by atoms with Crippen molar-refractivity contribution in [2.24, 2.45) is 11.7 Å². The zero-order valence-corrected chi connectivity index (χ0v) is 9.13. The quantitative estimate of drug-likeness (QED) is 0.576. The number of likely N-dealkylation sites (tertiary alicyclic amines) is 1. The number of piperidine rings is 1. The van der Waals surface area contributed by atoms with Gasteiger partial charge in [0.05, 0.1) is 12.5 Å². The number of carbonyl (C=O) groups excluding carboxylic acids is 1. The van der Waals surface area contributed by atoms with E-state index in [1.807, 2.05) is 0 Å². The second-order valence-corrected chi connectivity index (χ2v) is 4.18. The average molecular weight is 230 g/mol. The third-order valence-corrected chi connectivity index (χ3v) is 2.80. The van der Waals surface area contributed by atoms with Gasteiger partial charge in [0.1, 0.15) is 0 Å². The van der Waals surface area contributed by atoms with E-state index >= 15 is 0 Å². The van der Waals surface area contributed by atoms with E-state index in [4.69, 9.17) is 15.9 Å². The number of aliphatic hydroxyl groups excluding tert-OH is 1. The molecule has 0 spiro atoms. The molecule has 0 saturated carbocycles. The lowest BCUT2D eigenvalue weighted by Gasteiger charge is -2.33. The first kappa shape index (κ1) is 12.9. The highest BCUT2D eigenvalue weighted by atomic mass is 16.4. The lowest BCUT2D eigenvalue weighted by molar-refractivity contribution is -0.142. The summed E-state index contributed by atoms with van der Waals surface area (Å²) in [5.41, 5.74) is 5.50. The summed E-state index contributed by atoms with van der Waals surface area (Å²) in [7, 11) is 0. The fourth-order valence-corrected chi connectivity index (χ4v) is 1.92. The standard InChI is InChI=1S/C10H18N2O4/c11-8(4-9(14)15)10(16)12-3-1-2-7(5-12)6-13/h7-8,13H,1-6,11H2,(H,14,15). The molecular weight excluding hydrogens is 212 g/mol.